The van der Waals surface area contributed by atoms with Crippen molar-refractivity contribution in [3.63, 3.8) is 0 Å². The minimum Gasteiger partial charge on any atom is -0.368 e. The van der Waals surface area contributed by atoms with E-state index in [1.54, 1.807) is 6.92 Å². The number of hydrogen-bond donors (Lipinski definition) is 2. The first-order valence-electron chi connectivity index (χ1n) is 6.96. The number of carbonyl (C=O) groups is 3. The highest BCUT2D eigenvalue weighted by atomic mass is 16.2. The van der Waals surface area contributed by atoms with Crippen LogP contribution in [0.15, 0.2) is 18.2 Å². The SMILES string of the molecule is C[C@]1(c2ccc3c(c2)CCC3)NC(=O)N(CC(N)=O)C1=O. The molecule has 0 unspecified atom stereocenters. The van der Waals surface area contributed by atoms with Crippen LogP contribution in [-0.2, 0) is 28.0 Å². The van der Waals surface area contributed by atoms with Crippen molar-refractivity contribution in [2.24, 2.45) is 5.73 Å². The van der Waals surface area contributed by atoms with Gasteiger partial charge in [-0.05, 0) is 42.9 Å². The van der Waals surface area contributed by atoms with Gasteiger partial charge in [-0.25, -0.2) is 4.79 Å². The number of primary amides is 1. The van der Waals surface area contributed by atoms with Crippen LogP contribution in [0.2, 0.25) is 0 Å². The van der Waals surface area contributed by atoms with Crippen LogP contribution >= 0.6 is 0 Å². The monoisotopic (exact) mass is 287 g/mol. The van der Waals surface area contributed by atoms with Crippen LogP contribution in [0.4, 0.5) is 4.79 Å². The van der Waals surface area contributed by atoms with E-state index in [0.29, 0.717) is 0 Å². The predicted molar refractivity (Wildman–Crippen MR) is 75.3 cm³/mol. The van der Waals surface area contributed by atoms with Gasteiger partial charge in [-0.3, -0.25) is 14.5 Å². The van der Waals surface area contributed by atoms with Crippen LogP contribution in [0.1, 0.15) is 30.0 Å². The van der Waals surface area contributed by atoms with Gasteiger partial charge >= 0.3 is 6.03 Å². The van der Waals surface area contributed by atoms with Crippen molar-refractivity contribution >= 4 is 17.8 Å². The Bertz CT molecular complexity index is 656. The van der Waals surface area contributed by atoms with E-state index in [1.165, 1.54) is 11.1 Å². The third kappa shape index (κ3) is 2.07. The summed E-state index contributed by atoms with van der Waals surface area (Å²) in [6.45, 7) is 1.26. The molecule has 6 nitrogen and oxygen atoms in total. The van der Waals surface area contributed by atoms with Crippen LogP contribution in [0.3, 0.4) is 0 Å². The normalized spacial score (nSPS) is 24.1. The number of aryl methyl sites for hydroxylation is 2. The van der Waals surface area contributed by atoms with E-state index in [9.17, 15) is 14.4 Å². The van der Waals surface area contributed by atoms with Crippen molar-refractivity contribution in [1.82, 2.24) is 10.2 Å². The molecule has 3 rings (SSSR count). The lowest BCUT2D eigenvalue weighted by atomic mass is 9.89. The first-order chi connectivity index (χ1) is 9.91. The second-order valence-corrected chi connectivity index (χ2v) is 5.75. The fraction of sp³-hybridized carbons (Fsp3) is 0.400. The maximum absolute atomic E-state index is 12.5. The molecule has 0 saturated carbocycles. The number of fused-ring (bicyclic) bond motifs is 1. The number of rotatable bonds is 3. The number of imide groups is 1. The van der Waals surface area contributed by atoms with Gasteiger partial charge < -0.3 is 11.1 Å². The second-order valence-electron chi connectivity index (χ2n) is 5.75. The third-order valence-electron chi connectivity index (χ3n) is 4.26. The summed E-state index contributed by atoms with van der Waals surface area (Å²) in [4.78, 5) is 36.3. The van der Waals surface area contributed by atoms with Crippen LogP contribution in [0, 0.1) is 0 Å². The van der Waals surface area contributed by atoms with E-state index in [4.69, 9.17) is 5.73 Å². The van der Waals surface area contributed by atoms with Gasteiger partial charge in [-0.2, -0.15) is 0 Å². The van der Waals surface area contributed by atoms with Gasteiger partial charge in [-0.15, -0.1) is 0 Å². The Morgan fingerprint density at radius 1 is 1.33 bits per heavy atom. The Morgan fingerprint density at radius 3 is 2.76 bits per heavy atom. The number of urea groups is 1. The molecule has 1 atom stereocenters. The first-order valence-corrected chi connectivity index (χ1v) is 6.96. The number of benzene rings is 1. The lowest BCUT2D eigenvalue weighted by Crippen LogP contribution is -2.42. The summed E-state index contributed by atoms with van der Waals surface area (Å²) in [5, 5.41) is 2.67. The molecule has 1 aromatic carbocycles. The van der Waals surface area contributed by atoms with E-state index in [0.717, 1.165) is 29.7 Å². The molecule has 1 aliphatic carbocycles. The van der Waals surface area contributed by atoms with E-state index in [1.807, 2.05) is 18.2 Å². The standard InChI is InChI=1S/C15H17N3O3/c1-15(11-6-5-9-3-2-4-10(9)7-11)13(20)18(8-12(16)19)14(21)17-15/h5-7H,2-4,8H2,1H3,(H2,16,19)(H,17,21)/t15-/m1/s1. The Kier molecular flexibility index (Phi) is 2.97. The molecular weight excluding hydrogens is 270 g/mol. The molecule has 0 bridgehead atoms. The fourth-order valence-electron chi connectivity index (χ4n) is 3.07. The summed E-state index contributed by atoms with van der Waals surface area (Å²) in [6.07, 6.45) is 3.16. The molecule has 6 heteroatoms. The summed E-state index contributed by atoms with van der Waals surface area (Å²) >= 11 is 0. The second kappa shape index (κ2) is 4.58. The zero-order valence-corrected chi connectivity index (χ0v) is 11.8. The molecule has 110 valence electrons. The number of nitrogens with one attached hydrogen (secondary N) is 1. The Labute approximate surface area is 122 Å². The number of nitrogens with two attached hydrogens (primary N) is 1. The first kappa shape index (κ1) is 13.6. The average Bonchev–Trinajstić information content (AvgIpc) is 2.97. The molecule has 1 heterocycles. The van der Waals surface area contributed by atoms with Crippen LogP contribution in [0.25, 0.3) is 0 Å². The van der Waals surface area contributed by atoms with Gasteiger partial charge in [0.15, 0.2) is 0 Å². The van der Waals surface area contributed by atoms with Crippen molar-refractivity contribution in [3.8, 4) is 0 Å². The molecule has 0 spiro atoms. The summed E-state index contributed by atoms with van der Waals surface area (Å²) in [5.74, 6) is -1.15. The van der Waals surface area contributed by atoms with Crippen molar-refractivity contribution in [2.45, 2.75) is 31.7 Å². The molecule has 1 aromatic rings. The maximum atomic E-state index is 12.5. The zero-order valence-electron chi connectivity index (χ0n) is 11.8. The highest BCUT2D eigenvalue weighted by molar-refractivity contribution is 6.09. The van der Waals surface area contributed by atoms with E-state index >= 15 is 0 Å². The molecule has 3 N–H and O–H groups in total. The summed E-state index contributed by atoms with van der Waals surface area (Å²) < 4.78 is 0. The van der Waals surface area contributed by atoms with Crippen molar-refractivity contribution in [2.75, 3.05) is 6.54 Å². The van der Waals surface area contributed by atoms with E-state index in [-0.39, 0.29) is 0 Å². The van der Waals surface area contributed by atoms with Gasteiger partial charge in [0.2, 0.25) is 5.91 Å². The van der Waals surface area contributed by atoms with Gasteiger partial charge in [0.05, 0.1) is 0 Å². The topological polar surface area (TPSA) is 92.5 Å². The molecular formula is C15H17N3O3. The smallest absolute Gasteiger partial charge is 0.325 e. The van der Waals surface area contributed by atoms with Gasteiger partial charge in [-0.1, -0.05) is 18.2 Å². The summed E-state index contributed by atoms with van der Waals surface area (Å²) in [5.41, 5.74) is 7.22. The third-order valence-corrected chi connectivity index (χ3v) is 4.26. The summed E-state index contributed by atoms with van der Waals surface area (Å²) in [6, 6.07) is 5.28. The van der Waals surface area contributed by atoms with Crippen molar-refractivity contribution < 1.29 is 14.4 Å². The minimum absolute atomic E-state index is 0.398. The van der Waals surface area contributed by atoms with Gasteiger partial charge in [0.1, 0.15) is 12.1 Å². The highest BCUT2D eigenvalue weighted by Gasteiger charge is 2.49. The number of nitrogens with zero attached hydrogens (tertiary/aromatic N) is 1. The molecule has 21 heavy (non-hydrogen) atoms. The molecule has 0 radical (unpaired) electrons. The van der Waals surface area contributed by atoms with Gasteiger partial charge in [0, 0.05) is 0 Å². The fourth-order valence-corrected chi connectivity index (χ4v) is 3.07. The molecule has 1 fully saturated rings. The Morgan fingerprint density at radius 2 is 2.05 bits per heavy atom. The maximum Gasteiger partial charge on any atom is 0.325 e. The van der Waals surface area contributed by atoms with Crippen LogP contribution in [0.5, 0.6) is 0 Å². The lowest BCUT2D eigenvalue weighted by molar-refractivity contribution is -0.134. The molecule has 1 saturated heterocycles. The number of hydrogen-bond acceptors (Lipinski definition) is 3. The van der Waals surface area contributed by atoms with Crippen molar-refractivity contribution in [3.05, 3.63) is 34.9 Å². The average molecular weight is 287 g/mol. The van der Waals surface area contributed by atoms with Crippen LogP contribution < -0.4 is 11.1 Å². The quantitative estimate of drug-likeness (QED) is 0.789. The number of amides is 4. The van der Waals surface area contributed by atoms with Gasteiger partial charge in [0.25, 0.3) is 5.91 Å². The van der Waals surface area contributed by atoms with Crippen LogP contribution in [-0.4, -0.2) is 29.3 Å². The molecule has 1 aliphatic heterocycles. The predicted octanol–water partition coefficient (Wildman–Crippen LogP) is 0.428. The van der Waals surface area contributed by atoms with E-state index in [2.05, 4.69) is 5.32 Å². The molecule has 2 aliphatic rings. The number of carbonyl (C=O) groups excluding carboxylic acids is 3. The lowest BCUT2D eigenvalue weighted by Gasteiger charge is -2.23. The Balaban J connectivity index is 1.96. The zero-order chi connectivity index (χ0) is 15.2. The van der Waals surface area contributed by atoms with Crippen molar-refractivity contribution in [1.29, 1.82) is 0 Å². The summed E-state index contributed by atoms with van der Waals surface area (Å²) in [7, 11) is 0. The Hall–Kier alpha value is -2.37. The largest absolute Gasteiger partial charge is 0.368 e. The van der Waals surface area contributed by atoms with E-state index < -0.39 is 29.9 Å². The molecule has 0 aromatic heterocycles. The minimum atomic E-state index is -1.13. The highest BCUT2D eigenvalue weighted by Crippen LogP contribution is 2.32. The molecule has 4 amide bonds.